The van der Waals surface area contributed by atoms with Crippen molar-refractivity contribution in [1.29, 1.82) is 0 Å². The van der Waals surface area contributed by atoms with E-state index in [1.165, 1.54) is 25.7 Å². The maximum Gasteiger partial charge on any atom is 0.361 e. The van der Waals surface area contributed by atoms with Gasteiger partial charge in [0, 0.05) is 6.61 Å². The van der Waals surface area contributed by atoms with E-state index in [4.69, 9.17) is 19.3 Å². The van der Waals surface area contributed by atoms with Gasteiger partial charge in [0.1, 0.15) is 0 Å². The predicted molar refractivity (Wildman–Crippen MR) is 73.2 cm³/mol. The van der Waals surface area contributed by atoms with Gasteiger partial charge in [0.25, 0.3) is 6.29 Å². The maximum absolute atomic E-state index is 10.9. The molecule has 0 saturated carbocycles. The SMILES string of the molecule is CCCCCCCCOC(OCCOCC)C(=O)O. The van der Waals surface area contributed by atoms with Crippen LogP contribution in [0, 0.1) is 0 Å². The summed E-state index contributed by atoms with van der Waals surface area (Å²) >= 11 is 0. The number of carbonyl (C=O) groups is 1. The Kier molecular flexibility index (Phi) is 13.3. The second kappa shape index (κ2) is 13.8. The molecule has 114 valence electrons. The third-order valence-electron chi connectivity index (χ3n) is 2.67. The van der Waals surface area contributed by atoms with Crippen LogP contribution < -0.4 is 0 Å². The molecule has 0 aromatic heterocycles. The predicted octanol–water partition coefficient (Wildman–Crippen LogP) is 2.83. The molecule has 1 atom stereocenters. The fourth-order valence-corrected chi connectivity index (χ4v) is 1.62. The van der Waals surface area contributed by atoms with Gasteiger partial charge in [-0.2, -0.15) is 0 Å². The van der Waals surface area contributed by atoms with Gasteiger partial charge in [-0.3, -0.25) is 0 Å². The van der Waals surface area contributed by atoms with Gasteiger partial charge in [-0.05, 0) is 13.3 Å². The molecule has 0 radical (unpaired) electrons. The number of carboxylic acid groups (broad SMARTS) is 1. The first-order chi connectivity index (χ1) is 9.22. The van der Waals surface area contributed by atoms with E-state index in [0.29, 0.717) is 19.8 Å². The molecule has 0 saturated heterocycles. The Labute approximate surface area is 116 Å². The van der Waals surface area contributed by atoms with E-state index in [9.17, 15) is 4.79 Å². The summed E-state index contributed by atoms with van der Waals surface area (Å²) in [6.45, 7) is 5.71. The van der Waals surface area contributed by atoms with Crippen LogP contribution in [-0.4, -0.2) is 43.8 Å². The minimum Gasteiger partial charge on any atom is -0.477 e. The number of aliphatic carboxylic acids is 1. The highest BCUT2D eigenvalue weighted by Gasteiger charge is 2.17. The van der Waals surface area contributed by atoms with Gasteiger partial charge in [-0.25, -0.2) is 4.79 Å². The van der Waals surface area contributed by atoms with Gasteiger partial charge in [0.2, 0.25) is 0 Å². The Morgan fingerprint density at radius 2 is 1.58 bits per heavy atom. The van der Waals surface area contributed by atoms with E-state index in [2.05, 4.69) is 6.92 Å². The van der Waals surface area contributed by atoms with E-state index >= 15 is 0 Å². The molecule has 5 nitrogen and oxygen atoms in total. The van der Waals surface area contributed by atoms with Crippen molar-refractivity contribution in [2.75, 3.05) is 26.4 Å². The Morgan fingerprint density at radius 3 is 2.21 bits per heavy atom. The second-order valence-electron chi connectivity index (χ2n) is 4.38. The van der Waals surface area contributed by atoms with Gasteiger partial charge < -0.3 is 19.3 Å². The van der Waals surface area contributed by atoms with Crippen LogP contribution in [0.2, 0.25) is 0 Å². The average Bonchev–Trinajstić information content (AvgIpc) is 2.39. The standard InChI is InChI=1S/C14H28O5/c1-3-5-6-7-8-9-10-18-14(13(15)16)19-12-11-17-4-2/h14H,3-12H2,1-2H3,(H,15,16). The zero-order valence-electron chi connectivity index (χ0n) is 12.2. The van der Waals surface area contributed by atoms with Crippen molar-refractivity contribution in [3.05, 3.63) is 0 Å². The maximum atomic E-state index is 10.9. The zero-order chi connectivity index (χ0) is 14.3. The first kappa shape index (κ1) is 18.4. The largest absolute Gasteiger partial charge is 0.477 e. The van der Waals surface area contributed by atoms with E-state index in [1.807, 2.05) is 6.92 Å². The van der Waals surface area contributed by atoms with Crippen molar-refractivity contribution >= 4 is 5.97 Å². The number of ether oxygens (including phenoxy) is 3. The number of hydrogen-bond donors (Lipinski definition) is 1. The topological polar surface area (TPSA) is 65.0 Å². The summed E-state index contributed by atoms with van der Waals surface area (Å²) in [5, 5.41) is 8.91. The third kappa shape index (κ3) is 12.1. The Bertz CT molecular complexity index is 208. The van der Waals surface area contributed by atoms with Crippen molar-refractivity contribution in [2.24, 2.45) is 0 Å². The lowest BCUT2D eigenvalue weighted by Gasteiger charge is -2.14. The molecule has 0 aromatic carbocycles. The minimum atomic E-state index is -1.17. The van der Waals surface area contributed by atoms with E-state index in [-0.39, 0.29) is 6.61 Å². The van der Waals surface area contributed by atoms with Gasteiger partial charge in [0.05, 0.1) is 19.8 Å². The Morgan fingerprint density at radius 1 is 0.947 bits per heavy atom. The fourth-order valence-electron chi connectivity index (χ4n) is 1.62. The van der Waals surface area contributed by atoms with Crippen LogP contribution >= 0.6 is 0 Å². The van der Waals surface area contributed by atoms with Crippen LogP contribution in [0.15, 0.2) is 0 Å². The Hall–Kier alpha value is -0.650. The zero-order valence-corrected chi connectivity index (χ0v) is 12.2. The normalized spacial score (nSPS) is 12.5. The molecule has 0 aromatic rings. The molecule has 0 aliphatic rings. The number of rotatable bonds is 14. The first-order valence-corrected chi connectivity index (χ1v) is 7.26. The van der Waals surface area contributed by atoms with Crippen LogP contribution in [0.25, 0.3) is 0 Å². The number of unbranched alkanes of at least 4 members (excludes halogenated alkanes) is 5. The lowest BCUT2D eigenvalue weighted by molar-refractivity contribution is -0.192. The molecule has 0 amide bonds. The fraction of sp³-hybridized carbons (Fsp3) is 0.929. The average molecular weight is 276 g/mol. The Balaban J connectivity index is 3.51. The van der Waals surface area contributed by atoms with Crippen LogP contribution in [0.5, 0.6) is 0 Å². The van der Waals surface area contributed by atoms with Crippen molar-refractivity contribution in [2.45, 2.75) is 58.7 Å². The molecule has 1 N–H and O–H groups in total. The molecular formula is C14H28O5. The summed E-state index contributed by atoms with van der Waals surface area (Å²) in [5.41, 5.74) is 0. The molecule has 5 heteroatoms. The number of carboxylic acids is 1. The molecule has 0 rings (SSSR count). The quantitative estimate of drug-likeness (QED) is 0.390. The molecule has 0 bridgehead atoms. The van der Waals surface area contributed by atoms with Crippen LogP contribution in [0.4, 0.5) is 0 Å². The first-order valence-electron chi connectivity index (χ1n) is 7.26. The summed E-state index contributed by atoms with van der Waals surface area (Å²) in [6.07, 6.45) is 5.69. The minimum absolute atomic E-state index is 0.237. The molecule has 0 aliphatic carbocycles. The van der Waals surface area contributed by atoms with Crippen LogP contribution in [0.1, 0.15) is 52.4 Å². The van der Waals surface area contributed by atoms with Gasteiger partial charge in [0.15, 0.2) is 0 Å². The summed E-state index contributed by atoms with van der Waals surface area (Å²) in [7, 11) is 0. The van der Waals surface area contributed by atoms with Crippen LogP contribution in [0.3, 0.4) is 0 Å². The van der Waals surface area contributed by atoms with Crippen molar-refractivity contribution in [3.8, 4) is 0 Å². The highest BCUT2D eigenvalue weighted by molar-refractivity contribution is 5.70. The van der Waals surface area contributed by atoms with Crippen molar-refractivity contribution in [3.63, 3.8) is 0 Å². The van der Waals surface area contributed by atoms with E-state index in [1.54, 1.807) is 0 Å². The molecule has 0 aliphatic heterocycles. The summed E-state index contributed by atoms with van der Waals surface area (Å²) in [5.74, 6) is -1.08. The lowest BCUT2D eigenvalue weighted by Crippen LogP contribution is -2.29. The molecule has 1 unspecified atom stereocenters. The highest BCUT2D eigenvalue weighted by atomic mass is 16.7. The van der Waals surface area contributed by atoms with Gasteiger partial charge >= 0.3 is 5.97 Å². The van der Waals surface area contributed by atoms with E-state index in [0.717, 1.165) is 12.8 Å². The third-order valence-corrected chi connectivity index (χ3v) is 2.67. The molecule has 0 fully saturated rings. The molecule has 19 heavy (non-hydrogen) atoms. The molecular weight excluding hydrogens is 248 g/mol. The summed E-state index contributed by atoms with van der Waals surface area (Å²) < 4.78 is 15.4. The lowest BCUT2D eigenvalue weighted by atomic mass is 10.1. The summed E-state index contributed by atoms with van der Waals surface area (Å²) in [4.78, 5) is 10.9. The molecule has 0 heterocycles. The number of hydrogen-bond acceptors (Lipinski definition) is 4. The summed E-state index contributed by atoms with van der Waals surface area (Å²) in [6, 6.07) is 0. The van der Waals surface area contributed by atoms with Gasteiger partial charge in [-0.15, -0.1) is 0 Å². The van der Waals surface area contributed by atoms with Gasteiger partial charge in [-0.1, -0.05) is 39.0 Å². The van der Waals surface area contributed by atoms with E-state index < -0.39 is 12.3 Å². The smallest absolute Gasteiger partial charge is 0.361 e. The van der Waals surface area contributed by atoms with Crippen molar-refractivity contribution in [1.82, 2.24) is 0 Å². The monoisotopic (exact) mass is 276 g/mol. The second-order valence-corrected chi connectivity index (χ2v) is 4.38. The van der Waals surface area contributed by atoms with Crippen molar-refractivity contribution < 1.29 is 24.1 Å². The molecule has 0 spiro atoms. The van der Waals surface area contributed by atoms with Crippen LogP contribution in [-0.2, 0) is 19.0 Å². The highest BCUT2D eigenvalue weighted by Crippen LogP contribution is 2.06.